The third-order valence-corrected chi connectivity index (χ3v) is 4.27. The molecule has 0 spiro atoms. The average molecular weight is 265 g/mol. The fourth-order valence-corrected chi connectivity index (χ4v) is 2.73. The summed E-state index contributed by atoms with van der Waals surface area (Å²) in [6, 6.07) is 0. The normalized spacial score (nSPS) is 38.0. The lowest BCUT2D eigenvalue weighted by atomic mass is 9.67. The fraction of sp³-hybridized carbons (Fsp3) is 0.647. The quantitative estimate of drug-likeness (QED) is 0.739. The van der Waals surface area contributed by atoms with Crippen molar-refractivity contribution in [1.29, 1.82) is 0 Å². The van der Waals surface area contributed by atoms with E-state index in [1.54, 1.807) is 25.2 Å². The monoisotopic (exact) mass is 265 g/mol. The van der Waals surface area contributed by atoms with Gasteiger partial charge in [-0.25, -0.2) is 4.39 Å². The van der Waals surface area contributed by atoms with Crippen molar-refractivity contribution in [3.05, 3.63) is 36.0 Å². The molecule has 2 rings (SSSR count). The molecule has 2 aliphatic rings. The van der Waals surface area contributed by atoms with E-state index < -0.39 is 5.67 Å². The minimum absolute atomic E-state index is 0.0844. The van der Waals surface area contributed by atoms with Crippen LogP contribution in [0, 0.1) is 11.3 Å². The average Bonchev–Trinajstić information content (AvgIpc) is 2.57. The molecule has 19 heavy (non-hydrogen) atoms. The Kier molecular flexibility index (Phi) is 5.54. The molecule has 0 bridgehead atoms. The molecule has 1 heterocycles. The van der Waals surface area contributed by atoms with E-state index in [9.17, 15) is 4.39 Å². The molecule has 1 aliphatic heterocycles. The first-order chi connectivity index (χ1) is 8.94. The van der Waals surface area contributed by atoms with Gasteiger partial charge in [0.2, 0.25) is 0 Å². The minimum atomic E-state index is -1.33. The van der Waals surface area contributed by atoms with Crippen LogP contribution in [0.1, 0.15) is 41.0 Å². The van der Waals surface area contributed by atoms with Crippen molar-refractivity contribution >= 4 is 0 Å². The summed E-state index contributed by atoms with van der Waals surface area (Å²) in [4.78, 5) is 0. The van der Waals surface area contributed by atoms with Gasteiger partial charge in [-0.15, -0.1) is 0 Å². The van der Waals surface area contributed by atoms with Crippen molar-refractivity contribution in [3.63, 3.8) is 0 Å². The summed E-state index contributed by atoms with van der Waals surface area (Å²) in [5.41, 5.74) is -0.102. The molecular formula is C17H28FN. The molecule has 1 N–H and O–H groups in total. The second-order valence-corrected chi connectivity index (χ2v) is 5.74. The smallest absolute Gasteiger partial charge is 0.145 e. The van der Waals surface area contributed by atoms with Crippen LogP contribution < -0.4 is 5.32 Å². The van der Waals surface area contributed by atoms with E-state index in [0.717, 1.165) is 25.1 Å². The van der Waals surface area contributed by atoms with Gasteiger partial charge >= 0.3 is 0 Å². The van der Waals surface area contributed by atoms with E-state index in [4.69, 9.17) is 0 Å². The fourth-order valence-electron chi connectivity index (χ4n) is 2.73. The Hall–Kier alpha value is -0.890. The number of rotatable bonds is 1. The van der Waals surface area contributed by atoms with Crippen LogP contribution in [0.25, 0.3) is 0 Å². The van der Waals surface area contributed by atoms with Crippen LogP contribution in [0.2, 0.25) is 0 Å². The van der Waals surface area contributed by atoms with Gasteiger partial charge in [0.05, 0.1) is 0 Å². The van der Waals surface area contributed by atoms with Crippen LogP contribution in [0.15, 0.2) is 36.0 Å². The molecular weight excluding hydrogens is 237 g/mol. The van der Waals surface area contributed by atoms with Crippen LogP contribution >= 0.6 is 0 Å². The van der Waals surface area contributed by atoms with Crippen molar-refractivity contribution in [2.45, 2.75) is 46.7 Å². The van der Waals surface area contributed by atoms with Gasteiger partial charge in [-0.2, -0.15) is 0 Å². The number of hydrogen-bond acceptors (Lipinski definition) is 1. The molecule has 0 aromatic heterocycles. The zero-order valence-electron chi connectivity index (χ0n) is 13.0. The molecule has 108 valence electrons. The molecule has 1 aliphatic carbocycles. The molecule has 1 saturated heterocycles. The van der Waals surface area contributed by atoms with Crippen LogP contribution in [-0.4, -0.2) is 18.8 Å². The Morgan fingerprint density at radius 3 is 2.58 bits per heavy atom. The van der Waals surface area contributed by atoms with Crippen LogP contribution in [-0.2, 0) is 0 Å². The Labute approximate surface area is 117 Å². The van der Waals surface area contributed by atoms with E-state index in [2.05, 4.69) is 25.2 Å². The third-order valence-electron chi connectivity index (χ3n) is 4.27. The number of nitrogens with one attached hydrogen (secondary N) is 1. The predicted octanol–water partition coefficient (Wildman–Crippen LogP) is 4.43. The number of allylic oxidation sites excluding steroid dienone is 6. The zero-order valence-corrected chi connectivity index (χ0v) is 13.0. The molecule has 0 aromatic carbocycles. The van der Waals surface area contributed by atoms with Gasteiger partial charge in [0.1, 0.15) is 5.67 Å². The molecule has 3 atom stereocenters. The van der Waals surface area contributed by atoms with Gasteiger partial charge < -0.3 is 5.32 Å². The highest BCUT2D eigenvalue weighted by atomic mass is 19.1. The van der Waals surface area contributed by atoms with Crippen molar-refractivity contribution in [2.75, 3.05) is 13.1 Å². The highest BCUT2D eigenvalue weighted by Gasteiger charge is 2.37. The number of hydrogen-bond donors (Lipinski definition) is 1. The first kappa shape index (κ1) is 16.2. The Morgan fingerprint density at radius 2 is 1.95 bits per heavy atom. The van der Waals surface area contributed by atoms with E-state index in [1.165, 1.54) is 0 Å². The lowest BCUT2D eigenvalue weighted by molar-refractivity contribution is 0.191. The molecule has 1 fully saturated rings. The van der Waals surface area contributed by atoms with Gasteiger partial charge in [0.25, 0.3) is 0 Å². The topological polar surface area (TPSA) is 12.0 Å². The van der Waals surface area contributed by atoms with E-state index in [-0.39, 0.29) is 5.41 Å². The van der Waals surface area contributed by atoms with Crippen molar-refractivity contribution in [1.82, 2.24) is 5.32 Å². The molecule has 1 nitrogen and oxygen atoms in total. The maximum absolute atomic E-state index is 14.2. The predicted molar refractivity (Wildman–Crippen MR) is 82.0 cm³/mol. The molecule has 0 saturated carbocycles. The van der Waals surface area contributed by atoms with Crippen molar-refractivity contribution < 1.29 is 4.39 Å². The summed E-state index contributed by atoms with van der Waals surface area (Å²) in [7, 11) is 0. The van der Waals surface area contributed by atoms with Crippen molar-refractivity contribution in [3.8, 4) is 0 Å². The van der Waals surface area contributed by atoms with E-state index >= 15 is 0 Å². The summed E-state index contributed by atoms with van der Waals surface area (Å²) in [6.07, 6.45) is 10.3. The molecule has 0 radical (unpaired) electrons. The van der Waals surface area contributed by atoms with E-state index in [1.807, 2.05) is 19.9 Å². The SMILES string of the molecule is CC.CC1CNCCC1(C)C1=CC(C)(F)C=CC=C1. The highest BCUT2D eigenvalue weighted by Crippen LogP contribution is 2.42. The summed E-state index contributed by atoms with van der Waals surface area (Å²) in [6.45, 7) is 12.1. The maximum Gasteiger partial charge on any atom is 0.145 e. The highest BCUT2D eigenvalue weighted by molar-refractivity contribution is 5.37. The molecule has 2 heteroatoms. The number of piperidine rings is 1. The first-order valence-electron chi connectivity index (χ1n) is 7.43. The third kappa shape index (κ3) is 3.79. The van der Waals surface area contributed by atoms with Gasteiger partial charge in [-0.05, 0) is 55.5 Å². The maximum atomic E-state index is 14.2. The second-order valence-electron chi connectivity index (χ2n) is 5.74. The second kappa shape index (κ2) is 6.51. The molecule has 3 unspecified atom stereocenters. The summed E-state index contributed by atoms with van der Waals surface area (Å²) >= 11 is 0. The zero-order chi connectivity index (χ0) is 14.5. The molecule has 0 aromatic rings. The van der Waals surface area contributed by atoms with Gasteiger partial charge in [0, 0.05) is 0 Å². The largest absolute Gasteiger partial charge is 0.316 e. The lowest BCUT2D eigenvalue weighted by Crippen LogP contribution is -2.43. The lowest BCUT2D eigenvalue weighted by Gasteiger charge is -2.41. The van der Waals surface area contributed by atoms with Gasteiger partial charge in [0.15, 0.2) is 0 Å². The summed E-state index contributed by atoms with van der Waals surface area (Å²) < 4.78 is 14.2. The van der Waals surface area contributed by atoms with E-state index in [0.29, 0.717) is 5.92 Å². The number of alkyl halides is 1. The first-order valence-corrected chi connectivity index (χ1v) is 7.43. The van der Waals surface area contributed by atoms with Crippen LogP contribution in [0.4, 0.5) is 4.39 Å². The summed E-state index contributed by atoms with van der Waals surface area (Å²) in [5, 5.41) is 3.40. The molecule has 0 amide bonds. The standard InChI is InChI=1S/C15H22FN.C2H6/c1-12-11-17-9-8-15(12,3)13-6-4-5-7-14(2,16)10-13;1-2/h4-7,10,12,17H,8-9,11H2,1-3H3;1-2H3. The minimum Gasteiger partial charge on any atom is -0.316 e. The van der Waals surface area contributed by atoms with Crippen LogP contribution in [0.5, 0.6) is 0 Å². The van der Waals surface area contributed by atoms with Crippen LogP contribution in [0.3, 0.4) is 0 Å². The Bertz CT molecular complexity index is 379. The van der Waals surface area contributed by atoms with Gasteiger partial charge in [-0.3, -0.25) is 0 Å². The number of halogens is 1. The Balaban J connectivity index is 0.000000861. The summed E-state index contributed by atoms with van der Waals surface area (Å²) in [5.74, 6) is 0.529. The Morgan fingerprint density at radius 1 is 1.26 bits per heavy atom. The van der Waals surface area contributed by atoms with Gasteiger partial charge in [-0.1, -0.05) is 45.9 Å². The van der Waals surface area contributed by atoms with Crippen molar-refractivity contribution in [2.24, 2.45) is 11.3 Å².